The Morgan fingerprint density at radius 3 is 2.25 bits per heavy atom. The van der Waals surface area contributed by atoms with E-state index in [1.54, 1.807) is 12.1 Å². The summed E-state index contributed by atoms with van der Waals surface area (Å²) in [6.45, 7) is 0. The van der Waals surface area contributed by atoms with Crippen LogP contribution in [0.1, 0.15) is 10.4 Å². The first-order valence-corrected chi connectivity index (χ1v) is 6.95. The number of nitrogens with zero attached hydrogens (tertiary/aromatic N) is 1. The van der Waals surface area contributed by atoms with E-state index in [4.69, 9.17) is 5.14 Å². The van der Waals surface area contributed by atoms with Crippen LogP contribution in [-0.4, -0.2) is 19.3 Å². The molecule has 0 unspecified atom stereocenters. The molecule has 0 saturated carbocycles. The molecule has 0 bridgehead atoms. The Kier molecular flexibility index (Phi) is 3.97. The molecule has 3 N–H and O–H groups in total. The second-order valence-electron chi connectivity index (χ2n) is 3.79. The van der Waals surface area contributed by atoms with Gasteiger partial charge in [0.25, 0.3) is 5.91 Å². The number of benzene rings is 1. The number of hydrogen-bond donors (Lipinski definition) is 2. The third kappa shape index (κ3) is 4.04. The van der Waals surface area contributed by atoms with Gasteiger partial charge in [-0.1, -0.05) is 0 Å². The van der Waals surface area contributed by atoms with Gasteiger partial charge in [-0.05, 0) is 36.4 Å². The summed E-state index contributed by atoms with van der Waals surface area (Å²) < 4.78 is 25.9. The topological polar surface area (TPSA) is 111 Å². The maximum Gasteiger partial charge on any atom is 0.380 e. The minimum Gasteiger partial charge on any atom is -0.371 e. The van der Waals surface area contributed by atoms with E-state index in [1.165, 1.54) is 36.7 Å². The van der Waals surface area contributed by atoms with Crippen molar-refractivity contribution in [1.82, 2.24) is 4.98 Å². The van der Waals surface area contributed by atoms with E-state index in [0.717, 1.165) is 0 Å². The van der Waals surface area contributed by atoms with Crippen molar-refractivity contribution < 1.29 is 17.4 Å². The Hall–Kier alpha value is -2.45. The summed E-state index contributed by atoms with van der Waals surface area (Å²) in [7, 11) is -4.05. The summed E-state index contributed by atoms with van der Waals surface area (Å²) in [6.07, 6.45) is 3.02. The summed E-state index contributed by atoms with van der Waals surface area (Å²) in [5, 5.41) is 7.38. The molecule has 20 heavy (non-hydrogen) atoms. The zero-order chi connectivity index (χ0) is 14.6. The Morgan fingerprint density at radius 1 is 1.10 bits per heavy atom. The van der Waals surface area contributed by atoms with Gasteiger partial charge in [0.2, 0.25) is 0 Å². The van der Waals surface area contributed by atoms with Gasteiger partial charge in [0.1, 0.15) is 5.75 Å². The normalized spacial score (nSPS) is 10.8. The standard InChI is InChI=1S/C12H11N3O4S/c13-20(17,18)19-11-3-1-10(2-4-11)15-12(16)9-5-7-14-8-6-9/h1-8H,(H,15,16)(H2,13,17,18). The third-order valence-corrected chi connectivity index (χ3v) is 2.69. The Balaban J connectivity index is 2.06. The molecular formula is C12H11N3O4S. The highest BCUT2D eigenvalue weighted by Crippen LogP contribution is 2.17. The van der Waals surface area contributed by atoms with Crippen LogP contribution < -0.4 is 14.6 Å². The fourth-order valence-electron chi connectivity index (χ4n) is 1.43. The predicted molar refractivity (Wildman–Crippen MR) is 72.4 cm³/mol. The van der Waals surface area contributed by atoms with Crippen molar-refractivity contribution in [1.29, 1.82) is 0 Å². The minimum atomic E-state index is -4.05. The SMILES string of the molecule is NS(=O)(=O)Oc1ccc(NC(=O)c2ccncc2)cc1. The maximum absolute atomic E-state index is 11.8. The number of anilines is 1. The van der Waals surface area contributed by atoms with Crippen LogP contribution in [0.25, 0.3) is 0 Å². The van der Waals surface area contributed by atoms with E-state index in [-0.39, 0.29) is 11.7 Å². The first kappa shape index (κ1) is 14.0. The molecule has 1 aromatic heterocycles. The predicted octanol–water partition coefficient (Wildman–Crippen LogP) is 0.916. The van der Waals surface area contributed by atoms with Crippen LogP contribution in [-0.2, 0) is 10.3 Å². The molecule has 0 aliphatic heterocycles. The Bertz CT molecular complexity index is 699. The van der Waals surface area contributed by atoms with E-state index in [1.807, 2.05) is 0 Å². The van der Waals surface area contributed by atoms with E-state index >= 15 is 0 Å². The van der Waals surface area contributed by atoms with Crippen LogP contribution in [0.4, 0.5) is 5.69 Å². The minimum absolute atomic E-state index is 0.0643. The molecule has 7 nitrogen and oxygen atoms in total. The van der Waals surface area contributed by atoms with E-state index in [2.05, 4.69) is 14.5 Å². The van der Waals surface area contributed by atoms with Crippen molar-refractivity contribution in [3.05, 3.63) is 54.4 Å². The highest BCUT2D eigenvalue weighted by Gasteiger charge is 2.07. The number of aromatic nitrogens is 1. The van der Waals surface area contributed by atoms with Gasteiger partial charge >= 0.3 is 10.3 Å². The van der Waals surface area contributed by atoms with Gasteiger partial charge in [-0.15, -0.1) is 0 Å². The van der Waals surface area contributed by atoms with Crippen LogP contribution >= 0.6 is 0 Å². The Morgan fingerprint density at radius 2 is 1.70 bits per heavy atom. The second kappa shape index (κ2) is 5.68. The summed E-state index contributed by atoms with van der Waals surface area (Å²) in [4.78, 5) is 15.7. The monoisotopic (exact) mass is 293 g/mol. The van der Waals surface area contributed by atoms with Crippen LogP contribution in [0.3, 0.4) is 0 Å². The molecule has 0 radical (unpaired) electrons. The highest BCUT2D eigenvalue weighted by molar-refractivity contribution is 7.84. The molecule has 0 atom stereocenters. The lowest BCUT2D eigenvalue weighted by Crippen LogP contribution is -2.19. The van der Waals surface area contributed by atoms with E-state index in [9.17, 15) is 13.2 Å². The summed E-state index contributed by atoms with van der Waals surface area (Å²) in [5.41, 5.74) is 0.957. The maximum atomic E-state index is 11.8. The lowest BCUT2D eigenvalue weighted by molar-refractivity contribution is 0.102. The molecular weight excluding hydrogens is 282 g/mol. The lowest BCUT2D eigenvalue weighted by atomic mass is 10.2. The number of carbonyl (C=O) groups excluding carboxylic acids is 1. The third-order valence-electron chi connectivity index (χ3n) is 2.27. The Labute approximate surface area is 115 Å². The van der Waals surface area contributed by atoms with Crippen LogP contribution in [0.2, 0.25) is 0 Å². The lowest BCUT2D eigenvalue weighted by Gasteiger charge is -2.06. The van der Waals surface area contributed by atoms with Crippen molar-refractivity contribution in [3.63, 3.8) is 0 Å². The molecule has 2 rings (SSSR count). The fourth-order valence-corrected chi connectivity index (χ4v) is 1.81. The smallest absolute Gasteiger partial charge is 0.371 e. The quantitative estimate of drug-likeness (QED) is 0.870. The van der Waals surface area contributed by atoms with Gasteiger partial charge in [-0.3, -0.25) is 9.78 Å². The van der Waals surface area contributed by atoms with Crippen molar-refractivity contribution in [2.75, 3.05) is 5.32 Å². The number of amides is 1. The van der Waals surface area contributed by atoms with Crippen molar-refractivity contribution in [2.24, 2.45) is 5.14 Å². The first-order chi connectivity index (χ1) is 9.44. The molecule has 1 heterocycles. The van der Waals surface area contributed by atoms with Crippen molar-refractivity contribution in [3.8, 4) is 5.75 Å². The van der Waals surface area contributed by atoms with Gasteiger partial charge in [0, 0.05) is 23.6 Å². The van der Waals surface area contributed by atoms with Crippen LogP contribution in [0.15, 0.2) is 48.8 Å². The first-order valence-electron chi connectivity index (χ1n) is 5.48. The molecule has 0 saturated heterocycles. The molecule has 1 amide bonds. The number of nitrogens with two attached hydrogens (primary N) is 1. The molecule has 0 aliphatic carbocycles. The number of nitrogens with one attached hydrogen (secondary N) is 1. The number of hydrogen-bond acceptors (Lipinski definition) is 5. The fraction of sp³-hybridized carbons (Fsp3) is 0. The second-order valence-corrected chi connectivity index (χ2v) is 4.94. The largest absolute Gasteiger partial charge is 0.380 e. The summed E-state index contributed by atoms with van der Waals surface area (Å²) in [6, 6.07) is 8.92. The van der Waals surface area contributed by atoms with Gasteiger partial charge in [0.05, 0.1) is 0 Å². The number of pyridine rings is 1. The molecule has 2 aromatic rings. The molecule has 1 aromatic carbocycles. The van der Waals surface area contributed by atoms with Gasteiger partial charge < -0.3 is 9.50 Å². The van der Waals surface area contributed by atoms with E-state index < -0.39 is 10.3 Å². The van der Waals surface area contributed by atoms with Gasteiger partial charge in [-0.2, -0.15) is 13.6 Å². The highest BCUT2D eigenvalue weighted by atomic mass is 32.2. The van der Waals surface area contributed by atoms with E-state index in [0.29, 0.717) is 11.3 Å². The van der Waals surface area contributed by atoms with Crippen molar-refractivity contribution >= 4 is 21.9 Å². The molecule has 0 aliphatic rings. The van der Waals surface area contributed by atoms with Gasteiger partial charge in [-0.25, -0.2) is 0 Å². The van der Waals surface area contributed by atoms with Gasteiger partial charge in [0.15, 0.2) is 0 Å². The molecule has 104 valence electrons. The number of rotatable bonds is 4. The average Bonchev–Trinajstić information content (AvgIpc) is 2.40. The van der Waals surface area contributed by atoms with Crippen LogP contribution in [0, 0.1) is 0 Å². The molecule has 8 heteroatoms. The molecule has 0 fully saturated rings. The van der Waals surface area contributed by atoms with Crippen LogP contribution in [0.5, 0.6) is 5.75 Å². The number of carbonyl (C=O) groups is 1. The zero-order valence-corrected chi connectivity index (χ0v) is 11.0. The average molecular weight is 293 g/mol. The summed E-state index contributed by atoms with van der Waals surface area (Å²) >= 11 is 0. The summed E-state index contributed by atoms with van der Waals surface area (Å²) in [5.74, 6) is -0.234. The molecule has 0 spiro atoms. The zero-order valence-electron chi connectivity index (χ0n) is 10.2. The van der Waals surface area contributed by atoms with Crippen molar-refractivity contribution in [2.45, 2.75) is 0 Å².